The summed E-state index contributed by atoms with van der Waals surface area (Å²) in [5.41, 5.74) is 0.672. The van der Waals surface area contributed by atoms with Gasteiger partial charge in [-0.2, -0.15) is 0 Å². The van der Waals surface area contributed by atoms with Crippen LogP contribution in [-0.2, 0) is 9.84 Å². The van der Waals surface area contributed by atoms with Crippen LogP contribution < -0.4 is 0 Å². The van der Waals surface area contributed by atoms with E-state index in [4.69, 9.17) is 0 Å². The molecule has 3 heterocycles. The van der Waals surface area contributed by atoms with E-state index in [0.29, 0.717) is 24.3 Å². The van der Waals surface area contributed by atoms with Crippen LogP contribution in [0.2, 0.25) is 0 Å². The summed E-state index contributed by atoms with van der Waals surface area (Å²) in [6.45, 7) is 0. The Kier molecular flexibility index (Phi) is 2.48. The van der Waals surface area contributed by atoms with Crippen LogP contribution in [0.3, 0.4) is 0 Å². The molecular weight excluding hydrogens is 306 g/mol. The zero-order valence-electron chi connectivity index (χ0n) is 8.88. The normalized spacial score (nSPS) is 23.2. The number of pyridine rings is 1. The van der Waals surface area contributed by atoms with Crippen LogP contribution in [0.25, 0.3) is 5.65 Å². The second-order valence-corrected chi connectivity index (χ2v) is 7.34. The lowest BCUT2D eigenvalue weighted by molar-refractivity contribution is 0.588. The van der Waals surface area contributed by atoms with Crippen LogP contribution in [0.4, 0.5) is 0 Å². The largest absolute Gasteiger partial charge is 0.228 e. The summed E-state index contributed by atoms with van der Waals surface area (Å²) in [4.78, 5) is 4.28. The maximum Gasteiger partial charge on any atom is 0.169 e. The Balaban J connectivity index is 2.12. The molecule has 1 atom stereocenters. The van der Waals surface area contributed by atoms with E-state index in [1.165, 1.54) is 0 Å². The lowest BCUT2D eigenvalue weighted by Crippen LogP contribution is -2.09. The highest BCUT2D eigenvalue weighted by Gasteiger charge is 2.35. The summed E-state index contributed by atoms with van der Waals surface area (Å²) < 4.78 is 26.1. The molecule has 0 amide bonds. The van der Waals surface area contributed by atoms with Crippen LogP contribution in [0.15, 0.2) is 22.8 Å². The van der Waals surface area contributed by atoms with Crippen molar-refractivity contribution >= 4 is 31.4 Å². The van der Waals surface area contributed by atoms with Crippen molar-refractivity contribution in [3.63, 3.8) is 0 Å². The number of hydrogen-bond donors (Lipinski definition) is 0. The summed E-state index contributed by atoms with van der Waals surface area (Å²) >= 11 is 3.34. The maximum atomic E-state index is 11.8. The summed E-state index contributed by atoms with van der Waals surface area (Å²) in [7, 11) is -3.05. The van der Waals surface area contributed by atoms with E-state index in [9.17, 15) is 8.42 Å². The fourth-order valence-electron chi connectivity index (χ4n) is 2.09. The predicted molar refractivity (Wildman–Crippen MR) is 66.4 cm³/mol. The second-order valence-electron chi connectivity index (χ2n) is 4.12. The smallest absolute Gasteiger partial charge is 0.169 e. The highest BCUT2D eigenvalue weighted by Crippen LogP contribution is 2.32. The first kappa shape index (κ1) is 11.2. The van der Waals surface area contributed by atoms with Gasteiger partial charge in [0.25, 0.3) is 0 Å². The highest BCUT2D eigenvalue weighted by molar-refractivity contribution is 9.10. The van der Waals surface area contributed by atoms with Gasteiger partial charge in [0.2, 0.25) is 0 Å². The predicted octanol–water partition coefficient (Wildman–Crippen LogP) is 1.74. The van der Waals surface area contributed by atoms with Crippen molar-refractivity contribution in [3.05, 3.63) is 28.6 Å². The van der Waals surface area contributed by atoms with Gasteiger partial charge in [-0.1, -0.05) is 0 Å². The minimum atomic E-state index is -3.05. The number of aromatic nitrogens is 3. The minimum absolute atomic E-state index is 0.247. The average Bonchev–Trinajstić information content (AvgIpc) is 2.79. The molecule has 90 valence electrons. The third-order valence-corrected chi connectivity index (χ3v) is 5.57. The lowest BCUT2D eigenvalue weighted by atomic mass is 10.2. The van der Waals surface area contributed by atoms with Crippen molar-refractivity contribution in [2.24, 2.45) is 0 Å². The maximum absolute atomic E-state index is 11.8. The van der Waals surface area contributed by atoms with Gasteiger partial charge in [-0.15, -0.1) is 5.10 Å². The molecule has 0 saturated carbocycles. The van der Waals surface area contributed by atoms with Crippen molar-refractivity contribution < 1.29 is 8.42 Å². The first-order chi connectivity index (χ1) is 8.06. The fourth-order valence-corrected chi connectivity index (χ4v) is 4.22. The molecule has 0 aromatic carbocycles. The van der Waals surface area contributed by atoms with Gasteiger partial charge in [0, 0.05) is 10.7 Å². The minimum Gasteiger partial charge on any atom is -0.228 e. The number of rotatable bonds is 1. The number of halogens is 1. The third kappa shape index (κ3) is 1.87. The molecule has 3 rings (SSSR count). The SMILES string of the molecule is O=S1(=O)CCCC1c1nc2ccc(Br)cn2n1. The Bertz CT molecular complexity index is 680. The first-order valence-corrected chi connectivity index (χ1v) is 7.80. The molecule has 17 heavy (non-hydrogen) atoms. The van der Waals surface area contributed by atoms with Gasteiger partial charge >= 0.3 is 0 Å². The van der Waals surface area contributed by atoms with Crippen LogP contribution in [-0.4, -0.2) is 28.8 Å². The molecule has 0 N–H and O–H groups in total. The van der Waals surface area contributed by atoms with Gasteiger partial charge in [0.1, 0.15) is 5.25 Å². The Morgan fingerprint density at radius 1 is 1.41 bits per heavy atom. The average molecular weight is 316 g/mol. The number of fused-ring (bicyclic) bond motifs is 1. The van der Waals surface area contributed by atoms with E-state index in [-0.39, 0.29) is 5.75 Å². The third-order valence-electron chi connectivity index (χ3n) is 2.93. The van der Waals surface area contributed by atoms with Crippen LogP contribution in [0.5, 0.6) is 0 Å². The molecule has 0 aliphatic carbocycles. The molecule has 0 radical (unpaired) electrons. The standard InChI is InChI=1S/C10H10BrN3O2S/c11-7-3-4-9-12-10(13-14(9)6-7)8-2-1-5-17(8,15)16/h3-4,6,8H,1-2,5H2. The molecule has 5 nitrogen and oxygen atoms in total. The summed E-state index contributed by atoms with van der Waals surface area (Å²) in [5, 5.41) is 3.72. The second kappa shape index (κ2) is 3.78. The van der Waals surface area contributed by atoms with Gasteiger partial charge < -0.3 is 0 Å². The Morgan fingerprint density at radius 2 is 2.24 bits per heavy atom. The molecule has 2 aromatic rings. The first-order valence-electron chi connectivity index (χ1n) is 5.30. The lowest BCUT2D eigenvalue weighted by Gasteiger charge is -2.02. The monoisotopic (exact) mass is 315 g/mol. The molecule has 7 heteroatoms. The molecule has 0 bridgehead atoms. The van der Waals surface area contributed by atoms with Crippen molar-refractivity contribution in [1.82, 2.24) is 14.6 Å². The molecule has 1 fully saturated rings. The number of hydrogen-bond acceptors (Lipinski definition) is 4. The molecule has 1 unspecified atom stereocenters. The van der Waals surface area contributed by atoms with Gasteiger partial charge in [-0.05, 0) is 40.9 Å². The molecule has 2 aromatic heterocycles. The van der Waals surface area contributed by atoms with E-state index in [0.717, 1.165) is 4.47 Å². The van der Waals surface area contributed by atoms with Gasteiger partial charge in [0.05, 0.1) is 5.75 Å². The van der Waals surface area contributed by atoms with E-state index >= 15 is 0 Å². The summed E-state index contributed by atoms with van der Waals surface area (Å²) in [6, 6.07) is 3.67. The van der Waals surface area contributed by atoms with Crippen molar-refractivity contribution in [2.75, 3.05) is 5.75 Å². The topological polar surface area (TPSA) is 64.3 Å². The molecule has 1 aliphatic heterocycles. The van der Waals surface area contributed by atoms with Crippen molar-refractivity contribution in [2.45, 2.75) is 18.1 Å². The van der Waals surface area contributed by atoms with Crippen LogP contribution in [0.1, 0.15) is 23.9 Å². The molecule has 1 saturated heterocycles. The Hall–Kier alpha value is -0.950. The van der Waals surface area contributed by atoms with E-state index in [1.807, 2.05) is 12.1 Å². The Labute approximate surface area is 107 Å². The number of nitrogens with zero attached hydrogens (tertiary/aromatic N) is 3. The highest BCUT2D eigenvalue weighted by atomic mass is 79.9. The van der Waals surface area contributed by atoms with E-state index in [2.05, 4.69) is 26.0 Å². The Morgan fingerprint density at radius 3 is 2.94 bits per heavy atom. The van der Waals surface area contributed by atoms with Crippen molar-refractivity contribution in [3.8, 4) is 0 Å². The van der Waals surface area contributed by atoms with Crippen LogP contribution in [0, 0.1) is 0 Å². The van der Waals surface area contributed by atoms with Gasteiger partial charge in [-0.25, -0.2) is 17.9 Å². The fraction of sp³-hybridized carbons (Fsp3) is 0.400. The molecule has 0 spiro atoms. The summed E-state index contributed by atoms with van der Waals surface area (Å²) in [5.74, 6) is 0.664. The molecular formula is C10H10BrN3O2S. The van der Waals surface area contributed by atoms with Crippen molar-refractivity contribution in [1.29, 1.82) is 0 Å². The zero-order valence-corrected chi connectivity index (χ0v) is 11.3. The molecule has 1 aliphatic rings. The zero-order chi connectivity index (χ0) is 12.0. The number of sulfone groups is 1. The van der Waals surface area contributed by atoms with Gasteiger partial charge in [0.15, 0.2) is 21.3 Å². The quantitative estimate of drug-likeness (QED) is 0.804. The van der Waals surface area contributed by atoms with E-state index in [1.54, 1.807) is 10.7 Å². The van der Waals surface area contributed by atoms with Gasteiger partial charge in [-0.3, -0.25) is 0 Å². The van der Waals surface area contributed by atoms with Crippen LogP contribution >= 0.6 is 15.9 Å². The summed E-state index contributed by atoms with van der Waals surface area (Å²) in [6.07, 6.45) is 3.10. The van der Waals surface area contributed by atoms with E-state index < -0.39 is 15.1 Å².